The first-order valence-corrected chi connectivity index (χ1v) is 12.2. The number of nitrogens with zero attached hydrogens (tertiary/aromatic N) is 3. The second kappa shape index (κ2) is 9.19. The summed E-state index contributed by atoms with van der Waals surface area (Å²) in [6.45, 7) is 7.71. The lowest BCUT2D eigenvalue weighted by Gasteiger charge is -2.36. The van der Waals surface area contributed by atoms with E-state index in [1.165, 1.54) is 11.8 Å². The van der Waals surface area contributed by atoms with E-state index >= 15 is 0 Å². The van der Waals surface area contributed by atoms with Gasteiger partial charge in [-0.25, -0.2) is 4.79 Å². The molecule has 0 bridgehead atoms. The Bertz CT molecular complexity index is 956. The quantitative estimate of drug-likeness (QED) is 0.560. The number of hydrogen-bond donors (Lipinski definition) is 0. The molecule has 2 aliphatic carbocycles. The van der Waals surface area contributed by atoms with E-state index in [0.29, 0.717) is 19.0 Å². The number of thioether (sulfide) groups is 1. The molecular weight excluding hydrogens is 422 g/mol. The molecule has 2 aliphatic heterocycles. The van der Waals surface area contributed by atoms with Crippen LogP contribution >= 0.6 is 11.8 Å². The maximum absolute atomic E-state index is 12.8. The van der Waals surface area contributed by atoms with Crippen molar-refractivity contribution in [3.8, 4) is 6.07 Å². The largest absolute Gasteiger partial charge is 0.444 e. The molecule has 0 aromatic heterocycles. The molecule has 0 aromatic carbocycles. The monoisotopic (exact) mass is 453 g/mol. The van der Waals surface area contributed by atoms with Crippen molar-refractivity contribution in [1.29, 1.82) is 5.26 Å². The van der Waals surface area contributed by atoms with Gasteiger partial charge in [-0.05, 0) is 87.8 Å². The zero-order valence-electron chi connectivity index (χ0n) is 19.1. The summed E-state index contributed by atoms with van der Waals surface area (Å²) in [4.78, 5) is 30.0. The molecule has 1 atom stereocenters. The van der Waals surface area contributed by atoms with Gasteiger partial charge in [0.15, 0.2) is 0 Å². The number of carbonyl (C=O) groups excluding carboxylic acids is 2. The number of carbonyl (C=O) groups is 2. The minimum absolute atomic E-state index is 0.0961. The van der Waals surface area contributed by atoms with Gasteiger partial charge in [0.05, 0.1) is 12.1 Å². The third-order valence-corrected chi connectivity index (χ3v) is 7.38. The highest BCUT2D eigenvalue weighted by Gasteiger charge is 2.39. The lowest BCUT2D eigenvalue weighted by molar-refractivity contribution is 0.0173. The average Bonchev–Trinajstić information content (AvgIpc) is 3.07. The minimum atomic E-state index is -0.485. The van der Waals surface area contributed by atoms with Crippen molar-refractivity contribution in [3.05, 3.63) is 45.9 Å². The molecular formula is C25H31N3O3S. The molecule has 0 radical (unpaired) electrons. The molecule has 2 amide bonds. The zero-order valence-corrected chi connectivity index (χ0v) is 19.9. The SMILES string of the molecule is CC(C)(C)OC(=O)N1CCC(CN2C(=O)SC3=CC(C4=C(C#N)CCC=C4)=CCC32)CC1. The summed E-state index contributed by atoms with van der Waals surface area (Å²) in [6, 6.07) is 2.44. The van der Waals surface area contributed by atoms with Crippen LogP contribution in [0.1, 0.15) is 52.9 Å². The Kier molecular flexibility index (Phi) is 6.52. The van der Waals surface area contributed by atoms with E-state index in [9.17, 15) is 14.9 Å². The fourth-order valence-electron chi connectivity index (χ4n) is 4.67. The van der Waals surface area contributed by atoms with Crippen LogP contribution in [0.15, 0.2) is 45.9 Å². The Hall–Kier alpha value is -2.46. The molecule has 2 fully saturated rings. The molecule has 170 valence electrons. The van der Waals surface area contributed by atoms with Gasteiger partial charge < -0.3 is 14.5 Å². The van der Waals surface area contributed by atoms with E-state index in [2.05, 4.69) is 24.3 Å². The van der Waals surface area contributed by atoms with Crippen LogP contribution in [0.3, 0.4) is 0 Å². The van der Waals surface area contributed by atoms with Gasteiger partial charge in [-0.1, -0.05) is 18.2 Å². The molecule has 7 heteroatoms. The van der Waals surface area contributed by atoms with Crippen LogP contribution in [0.5, 0.6) is 0 Å². The van der Waals surface area contributed by atoms with Gasteiger partial charge in [-0.2, -0.15) is 5.26 Å². The topological polar surface area (TPSA) is 73.6 Å². The van der Waals surface area contributed by atoms with Crippen LogP contribution in [0.25, 0.3) is 0 Å². The van der Waals surface area contributed by atoms with Gasteiger partial charge in [0.1, 0.15) is 5.60 Å². The molecule has 6 nitrogen and oxygen atoms in total. The Morgan fingerprint density at radius 3 is 2.75 bits per heavy atom. The Balaban J connectivity index is 1.36. The molecule has 4 rings (SSSR count). The number of allylic oxidation sites excluding steroid dienone is 6. The number of hydrogen-bond acceptors (Lipinski definition) is 5. The molecule has 0 saturated carbocycles. The van der Waals surface area contributed by atoms with E-state index in [-0.39, 0.29) is 17.4 Å². The van der Waals surface area contributed by atoms with E-state index in [1.807, 2.05) is 31.7 Å². The number of fused-ring (bicyclic) bond motifs is 1. The first-order valence-electron chi connectivity index (χ1n) is 11.4. The number of amides is 2. The summed E-state index contributed by atoms with van der Waals surface area (Å²) in [5.74, 6) is 0.386. The predicted octanol–water partition coefficient (Wildman–Crippen LogP) is 5.56. The van der Waals surface area contributed by atoms with Crippen molar-refractivity contribution >= 4 is 23.1 Å². The zero-order chi connectivity index (χ0) is 22.9. The normalized spacial score (nSPS) is 24.2. The standard InChI is InChI=1S/C25H31N3O3S/c1-25(2,3)31-23(29)27-12-10-17(11-13-27)16-28-21-9-8-18(14-22(21)32-24(28)30)20-7-5-4-6-19(20)15-26/h5,7-8,14,17,21H,4,6,9-13,16H2,1-3H3. The van der Waals surface area contributed by atoms with Gasteiger partial charge in [0.2, 0.25) is 0 Å². The number of nitriles is 1. The van der Waals surface area contributed by atoms with Crippen LogP contribution in [-0.2, 0) is 4.74 Å². The molecule has 2 heterocycles. The second-order valence-corrected chi connectivity index (χ2v) is 10.9. The molecule has 32 heavy (non-hydrogen) atoms. The van der Waals surface area contributed by atoms with Gasteiger partial charge in [-0.15, -0.1) is 0 Å². The van der Waals surface area contributed by atoms with Crippen molar-refractivity contribution in [3.63, 3.8) is 0 Å². The van der Waals surface area contributed by atoms with Crippen molar-refractivity contribution in [2.24, 2.45) is 5.92 Å². The average molecular weight is 454 g/mol. The fourth-order valence-corrected chi connectivity index (χ4v) is 5.74. The maximum Gasteiger partial charge on any atom is 0.410 e. The number of ether oxygens (including phenoxy) is 1. The van der Waals surface area contributed by atoms with E-state index in [4.69, 9.17) is 4.74 Å². The number of piperidine rings is 1. The van der Waals surface area contributed by atoms with Crippen molar-refractivity contribution < 1.29 is 14.3 Å². The first kappa shape index (κ1) is 22.7. The van der Waals surface area contributed by atoms with Crippen LogP contribution < -0.4 is 0 Å². The summed E-state index contributed by atoms with van der Waals surface area (Å²) in [5, 5.41) is 9.58. The predicted molar refractivity (Wildman–Crippen MR) is 126 cm³/mol. The molecule has 0 aromatic rings. The first-order chi connectivity index (χ1) is 15.2. The fraction of sp³-hybridized carbons (Fsp3) is 0.560. The molecule has 2 saturated heterocycles. The lowest BCUT2D eigenvalue weighted by atomic mass is 9.88. The van der Waals surface area contributed by atoms with Gasteiger partial charge in [0.25, 0.3) is 5.24 Å². The molecule has 0 N–H and O–H groups in total. The third-order valence-electron chi connectivity index (χ3n) is 6.34. The van der Waals surface area contributed by atoms with E-state index in [1.54, 1.807) is 4.90 Å². The Labute approximate surface area is 194 Å². The summed E-state index contributed by atoms with van der Waals surface area (Å²) >= 11 is 1.33. The minimum Gasteiger partial charge on any atom is -0.444 e. The third kappa shape index (κ3) is 4.96. The smallest absolute Gasteiger partial charge is 0.410 e. The molecule has 1 unspecified atom stereocenters. The van der Waals surface area contributed by atoms with Gasteiger partial charge in [-0.3, -0.25) is 4.79 Å². The molecule has 4 aliphatic rings. The Morgan fingerprint density at radius 2 is 2.06 bits per heavy atom. The summed E-state index contributed by atoms with van der Waals surface area (Å²) in [7, 11) is 0. The maximum atomic E-state index is 12.8. The summed E-state index contributed by atoms with van der Waals surface area (Å²) in [5.41, 5.74) is 2.42. The highest BCUT2D eigenvalue weighted by Crippen LogP contribution is 2.43. The van der Waals surface area contributed by atoms with E-state index < -0.39 is 5.60 Å². The van der Waals surface area contributed by atoms with Crippen LogP contribution in [0.4, 0.5) is 9.59 Å². The van der Waals surface area contributed by atoms with Gasteiger partial charge in [0, 0.05) is 30.1 Å². The lowest BCUT2D eigenvalue weighted by Crippen LogP contribution is -2.45. The highest BCUT2D eigenvalue weighted by atomic mass is 32.2. The van der Waals surface area contributed by atoms with Crippen molar-refractivity contribution in [1.82, 2.24) is 9.80 Å². The second-order valence-electron chi connectivity index (χ2n) is 9.83. The number of likely N-dealkylation sites (tertiary alicyclic amines) is 1. The summed E-state index contributed by atoms with van der Waals surface area (Å²) in [6.07, 6.45) is 12.4. The van der Waals surface area contributed by atoms with Gasteiger partial charge >= 0.3 is 6.09 Å². The van der Waals surface area contributed by atoms with E-state index in [0.717, 1.165) is 60.3 Å². The molecule has 0 spiro atoms. The van der Waals surface area contributed by atoms with Crippen molar-refractivity contribution in [2.45, 2.75) is 64.5 Å². The highest BCUT2D eigenvalue weighted by molar-refractivity contribution is 8.17. The van der Waals surface area contributed by atoms with Crippen LogP contribution in [0.2, 0.25) is 0 Å². The number of rotatable bonds is 3. The Morgan fingerprint density at radius 1 is 1.31 bits per heavy atom. The van der Waals surface area contributed by atoms with Crippen molar-refractivity contribution in [2.75, 3.05) is 19.6 Å². The summed E-state index contributed by atoms with van der Waals surface area (Å²) < 4.78 is 5.49. The van der Waals surface area contributed by atoms with Crippen LogP contribution in [0, 0.1) is 17.2 Å². The van der Waals surface area contributed by atoms with Crippen LogP contribution in [-0.4, -0.2) is 52.4 Å².